The summed E-state index contributed by atoms with van der Waals surface area (Å²) in [4.78, 5) is 2.20. The Hall–Kier alpha value is -0.300. The first-order chi connectivity index (χ1) is 4.48. The molecule has 0 aromatic rings. The lowest BCUT2D eigenvalue weighted by Crippen LogP contribution is -2.19. The van der Waals surface area contributed by atoms with E-state index in [4.69, 9.17) is 0 Å². The fourth-order valence-corrected chi connectivity index (χ4v) is 0.614. The van der Waals surface area contributed by atoms with Gasteiger partial charge in [0.05, 0.1) is 0 Å². The number of hydrogen-bond donors (Lipinski definition) is 0. The number of rotatable bonds is 4. The van der Waals surface area contributed by atoms with Gasteiger partial charge in [-0.3, -0.25) is 0 Å². The highest BCUT2D eigenvalue weighted by Crippen LogP contribution is 2.20. The molecular weight excluding hydrogens is 122 g/mol. The van der Waals surface area contributed by atoms with Gasteiger partial charge in [0.1, 0.15) is 0 Å². The maximum absolute atomic E-state index is 3.79. The Balaban J connectivity index is 3.56. The third-order valence-electron chi connectivity index (χ3n) is 1.76. The van der Waals surface area contributed by atoms with Crippen LogP contribution < -0.4 is 0 Å². The average molecular weight is 141 g/mol. The Morgan fingerprint density at radius 3 is 2.20 bits per heavy atom. The molecule has 0 heterocycles. The molecule has 10 heavy (non-hydrogen) atoms. The summed E-state index contributed by atoms with van der Waals surface area (Å²) in [5, 5.41) is 0. The minimum atomic E-state index is 0.296. The fourth-order valence-electron chi connectivity index (χ4n) is 0.614. The van der Waals surface area contributed by atoms with Gasteiger partial charge in [-0.05, 0) is 32.5 Å². The SMILES string of the molecule is C=CC(C)(C)CCN(C)C. The molecule has 0 unspecified atom stereocenters. The van der Waals surface area contributed by atoms with Crippen LogP contribution in [0.4, 0.5) is 0 Å². The van der Waals surface area contributed by atoms with E-state index in [-0.39, 0.29) is 0 Å². The molecule has 1 heteroatoms. The van der Waals surface area contributed by atoms with Crippen LogP contribution in [-0.2, 0) is 0 Å². The van der Waals surface area contributed by atoms with E-state index in [1.54, 1.807) is 0 Å². The van der Waals surface area contributed by atoms with Crippen LogP contribution in [0.2, 0.25) is 0 Å². The summed E-state index contributed by atoms with van der Waals surface area (Å²) in [7, 11) is 4.19. The van der Waals surface area contributed by atoms with Crippen LogP contribution in [0, 0.1) is 5.41 Å². The van der Waals surface area contributed by atoms with Crippen molar-refractivity contribution in [2.75, 3.05) is 20.6 Å². The summed E-state index contributed by atoms with van der Waals surface area (Å²) in [5.74, 6) is 0. The van der Waals surface area contributed by atoms with Gasteiger partial charge in [-0.25, -0.2) is 0 Å². The molecule has 0 aliphatic rings. The Morgan fingerprint density at radius 1 is 1.40 bits per heavy atom. The molecule has 0 amide bonds. The van der Waals surface area contributed by atoms with Crippen molar-refractivity contribution in [3.05, 3.63) is 12.7 Å². The third-order valence-corrected chi connectivity index (χ3v) is 1.76. The van der Waals surface area contributed by atoms with Gasteiger partial charge in [0.15, 0.2) is 0 Å². The zero-order valence-electron chi connectivity index (χ0n) is 7.65. The zero-order valence-corrected chi connectivity index (χ0v) is 7.65. The first-order valence-electron chi connectivity index (χ1n) is 3.76. The molecule has 0 N–H and O–H groups in total. The molecule has 0 saturated carbocycles. The van der Waals surface area contributed by atoms with Gasteiger partial charge in [0.2, 0.25) is 0 Å². The van der Waals surface area contributed by atoms with Crippen molar-refractivity contribution in [2.45, 2.75) is 20.3 Å². The standard InChI is InChI=1S/C9H19N/c1-6-9(2,3)7-8-10(4)5/h6H,1,7-8H2,2-5H3. The van der Waals surface area contributed by atoms with Gasteiger partial charge >= 0.3 is 0 Å². The zero-order chi connectivity index (χ0) is 8.20. The number of allylic oxidation sites excluding steroid dienone is 1. The smallest absolute Gasteiger partial charge is 0.00168 e. The molecule has 0 rings (SSSR count). The molecule has 1 nitrogen and oxygen atoms in total. The molecule has 60 valence electrons. The molecule has 0 radical (unpaired) electrons. The van der Waals surface area contributed by atoms with E-state index in [9.17, 15) is 0 Å². The van der Waals surface area contributed by atoms with Crippen molar-refractivity contribution in [3.63, 3.8) is 0 Å². The monoisotopic (exact) mass is 141 g/mol. The predicted octanol–water partition coefficient (Wildman–Crippen LogP) is 2.15. The van der Waals surface area contributed by atoms with Crippen molar-refractivity contribution < 1.29 is 0 Å². The normalized spacial score (nSPS) is 12.1. The second kappa shape index (κ2) is 3.77. The molecule has 0 spiro atoms. The highest BCUT2D eigenvalue weighted by Gasteiger charge is 2.11. The number of nitrogens with zero attached hydrogens (tertiary/aromatic N) is 1. The van der Waals surface area contributed by atoms with Crippen LogP contribution in [0.3, 0.4) is 0 Å². The van der Waals surface area contributed by atoms with Gasteiger partial charge in [0, 0.05) is 0 Å². The first kappa shape index (κ1) is 9.70. The second-order valence-electron chi connectivity index (χ2n) is 3.75. The summed E-state index contributed by atoms with van der Waals surface area (Å²) in [6.45, 7) is 9.35. The fraction of sp³-hybridized carbons (Fsp3) is 0.778. The van der Waals surface area contributed by atoms with Crippen molar-refractivity contribution >= 4 is 0 Å². The van der Waals surface area contributed by atoms with E-state index in [0.717, 1.165) is 6.54 Å². The molecule has 0 fully saturated rings. The maximum Gasteiger partial charge on any atom is -0.00168 e. The van der Waals surface area contributed by atoms with Crippen LogP contribution in [0.1, 0.15) is 20.3 Å². The average Bonchev–Trinajstić information content (AvgIpc) is 1.85. The minimum Gasteiger partial charge on any atom is -0.309 e. The number of hydrogen-bond acceptors (Lipinski definition) is 1. The molecule has 0 aliphatic carbocycles. The highest BCUT2D eigenvalue weighted by molar-refractivity contribution is 4.87. The lowest BCUT2D eigenvalue weighted by atomic mass is 9.90. The molecule has 0 aromatic heterocycles. The van der Waals surface area contributed by atoms with Gasteiger partial charge in [-0.1, -0.05) is 19.9 Å². The summed E-state index contributed by atoms with van der Waals surface area (Å²) >= 11 is 0. The van der Waals surface area contributed by atoms with Crippen LogP contribution in [-0.4, -0.2) is 25.5 Å². The Morgan fingerprint density at radius 2 is 1.90 bits per heavy atom. The summed E-state index contributed by atoms with van der Waals surface area (Å²) in [6.07, 6.45) is 3.21. The summed E-state index contributed by atoms with van der Waals surface area (Å²) in [5.41, 5.74) is 0.296. The van der Waals surface area contributed by atoms with Crippen LogP contribution in [0.5, 0.6) is 0 Å². The molecule has 0 bridgehead atoms. The summed E-state index contributed by atoms with van der Waals surface area (Å²) < 4.78 is 0. The highest BCUT2D eigenvalue weighted by atomic mass is 15.0. The second-order valence-corrected chi connectivity index (χ2v) is 3.75. The third kappa shape index (κ3) is 4.57. The molecule has 0 aromatic carbocycles. The van der Waals surface area contributed by atoms with E-state index in [2.05, 4.69) is 39.4 Å². The first-order valence-corrected chi connectivity index (χ1v) is 3.76. The molecule has 0 atom stereocenters. The topological polar surface area (TPSA) is 3.24 Å². The predicted molar refractivity (Wildman–Crippen MR) is 47.1 cm³/mol. The Kier molecular flexibility index (Phi) is 3.66. The van der Waals surface area contributed by atoms with Crippen molar-refractivity contribution in [3.8, 4) is 0 Å². The Bertz CT molecular complexity index is 103. The van der Waals surface area contributed by atoms with Gasteiger partial charge in [-0.2, -0.15) is 0 Å². The van der Waals surface area contributed by atoms with Crippen molar-refractivity contribution in [1.29, 1.82) is 0 Å². The van der Waals surface area contributed by atoms with E-state index in [1.807, 2.05) is 6.08 Å². The van der Waals surface area contributed by atoms with Crippen LogP contribution in [0.15, 0.2) is 12.7 Å². The lowest BCUT2D eigenvalue weighted by Gasteiger charge is -2.21. The van der Waals surface area contributed by atoms with Gasteiger partial charge in [-0.15, -0.1) is 6.58 Å². The molecular formula is C9H19N. The van der Waals surface area contributed by atoms with E-state index >= 15 is 0 Å². The Labute approximate surface area is 64.7 Å². The van der Waals surface area contributed by atoms with Crippen molar-refractivity contribution in [2.24, 2.45) is 5.41 Å². The van der Waals surface area contributed by atoms with Crippen LogP contribution >= 0.6 is 0 Å². The van der Waals surface area contributed by atoms with Crippen molar-refractivity contribution in [1.82, 2.24) is 4.90 Å². The quantitative estimate of drug-likeness (QED) is 0.542. The van der Waals surface area contributed by atoms with E-state index in [1.165, 1.54) is 6.42 Å². The lowest BCUT2D eigenvalue weighted by molar-refractivity contribution is 0.325. The molecule has 0 saturated heterocycles. The van der Waals surface area contributed by atoms with E-state index < -0.39 is 0 Å². The largest absolute Gasteiger partial charge is 0.309 e. The van der Waals surface area contributed by atoms with E-state index in [0.29, 0.717) is 5.41 Å². The maximum atomic E-state index is 3.79. The molecule has 0 aliphatic heterocycles. The van der Waals surface area contributed by atoms with Gasteiger partial charge in [0.25, 0.3) is 0 Å². The van der Waals surface area contributed by atoms with Crippen LogP contribution in [0.25, 0.3) is 0 Å². The summed E-state index contributed by atoms with van der Waals surface area (Å²) in [6, 6.07) is 0. The van der Waals surface area contributed by atoms with Gasteiger partial charge < -0.3 is 4.90 Å². The minimum absolute atomic E-state index is 0.296.